The summed E-state index contributed by atoms with van der Waals surface area (Å²) in [5.74, 6) is -0.507. The van der Waals surface area contributed by atoms with Gasteiger partial charge in [-0.2, -0.15) is 8.42 Å². The van der Waals surface area contributed by atoms with Gasteiger partial charge in [0.15, 0.2) is 11.3 Å². The van der Waals surface area contributed by atoms with Crippen molar-refractivity contribution < 1.29 is 26.5 Å². The van der Waals surface area contributed by atoms with Gasteiger partial charge in [-0.05, 0) is 54.3 Å². The molecule has 0 amide bonds. The number of hydrogen-bond acceptors (Lipinski definition) is 8. The first-order chi connectivity index (χ1) is 14.3. The molecule has 0 bridgehead atoms. The number of carbonyl (C=O) groups is 1. The van der Waals surface area contributed by atoms with Crippen LogP contribution in [-0.4, -0.2) is 26.5 Å². The van der Waals surface area contributed by atoms with Crippen LogP contribution >= 0.6 is 22.9 Å². The van der Waals surface area contributed by atoms with Crippen molar-refractivity contribution in [1.82, 2.24) is 4.98 Å². The summed E-state index contributed by atoms with van der Waals surface area (Å²) in [6, 6.07) is 11.4. The third kappa shape index (κ3) is 3.79. The molecule has 0 saturated carbocycles. The van der Waals surface area contributed by atoms with Gasteiger partial charge >= 0.3 is 16.1 Å². The van der Waals surface area contributed by atoms with Gasteiger partial charge in [0.25, 0.3) is 0 Å². The molecule has 0 aliphatic carbocycles. The Morgan fingerprint density at radius 3 is 2.70 bits per heavy atom. The lowest BCUT2D eigenvalue weighted by Crippen LogP contribution is -2.13. The van der Waals surface area contributed by atoms with E-state index in [0.717, 1.165) is 16.9 Å². The molecule has 2 aromatic carbocycles. The van der Waals surface area contributed by atoms with E-state index < -0.39 is 16.1 Å². The summed E-state index contributed by atoms with van der Waals surface area (Å²) >= 11 is 7.19. The molecule has 0 atom stereocenters. The number of rotatable bonds is 5. The van der Waals surface area contributed by atoms with Crippen molar-refractivity contribution in [3.63, 3.8) is 0 Å². The van der Waals surface area contributed by atoms with Crippen LogP contribution < -0.4 is 4.18 Å². The van der Waals surface area contributed by atoms with Crippen molar-refractivity contribution in [2.75, 3.05) is 7.11 Å². The number of fused-ring (bicyclic) bond motifs is 1. The standard InChI is InChI=1S/C20H14ClNO6S2/c1-11-3-5-16-14(9-11)22-19(27-16)12-4-6-15(13(21)10-12)28-30(24,25)17-7-8-29-18(17)20(23)26-2/h3-10H,1-2H3. The quantitative estimate of drug-likeness (QED) is 0.301. The minimum absolute atomic E-state index is 0.0457. The van der Waals surface area contributed by atoms with E-state index in [0.29, 0.717) is 22.6 Å². The predicted octanol–water partition coefficient (Wildman–Crippen LogP) is 5.07. The number of carbonyl (C=O) groups excluding carboxylic acids is 1. The zero-order valence-corrected chi connectivity index (χ0v) is 18.1. The van der Waals surface area contributed by atoms with E-state index >= 15 is 0 Å². The highest BCUT2D eigenvalue weighted by atomic mass is 35.5. The van der Waals surface area contributed by atoms with Crippen LogP contribution in [0.3, 0.4) is 0 Å². The van der Waals surface area contributed by atoms with E-state index in [-0.39, 0.29) is 20.5 Å². The minimum atomic E-state index is -4.29. The minimum Gasteiger partial charge on any atom is -0.465 e. The van der Waals surface area contributed by atoms with Crippen LogP contribution in [0.1, 0.15) is 15.2 Å². The maximum Gasteiger partial charge on any atom is 0.349 e. The summed E-state index contributed by atoms with van der Waals surface area (Å²) in [6.07, 6.45) is 0. The molecule has 0 spiro atoms. The SMILES string of the molecule is COC(=O)c1sccc1S(=O)(=O)Oc1ccc(-c2nc3cc(C)ccc3o2)cc1Cl. The first-order valence-electron chi connectivity index (χ1n) is 8.56. The molecule has 0 aliphatic rings. The van der Waals surface area contributed by atoms with Gasteiger partial charge in [0.2, 0.25) is 5.89 Å². The van der Waals surface area contributed by atoms with Crippen LogP contribution in [0.4, 0.5) is 0 Å². The number of halogens is 1. The third-order valence-corrected chi connectivity index (χ3v) is 6.79. The fourth-order valence-electron chi connectivity index (χ4n) is 2.76. The highest BCUT2D eigenvalue weighted by Gasteiger charge is 2.27. The molecule has 0 saturated heterocycles. The maximum atomic E-state index is 12.6. The Morgan fingerprint density at radius 2 is 1.97 bits per heavy atom. The van der Waals surface area contributed by atoms with Crippen molar-refractivity contribution in [2.24, 2.45) is 0 Å². The number of esters is 1. The summed E-state index contributed by atoms with van der Waals surface area (Å²) < 4.78 is 40.8. The molecular weight excluding hydrogens is 450 g/mol. The summed E-state index contributed by atoms with van der Waals surface area (Å²) in [7, 11) is -3.13. The van der Waals surface area contributed by atoms with E-state index in [4.69, 9.17) is 20.2 Å². The third-order valence-electron chi connectivity index (χ3n) is 4.19. The summed E-state index contributed by atoms with van der Waals surface area (Å²) in [5.41, 5.74) is 2.94. The van der Waals surface area contributed by atoms with Gasteiger partial charge in [-0.1, -0.05) is 17.7 Å². The zero-order valence-electron chi connectivity index (χ0n) is 15.7. The van der Waals surface area contributed by atoms with Crippen LogP contribution in [0.15, 0.2) is 57.2 Å². The molecule has 0 unspecified atom stereocenters. The second-order valence-corrected chi connectivity index (χ2v) is 9.12. The normalized spacial score (nSPS) is 11.6. The van der Waals surface area contributed by atoms with E-state index in [2.05, 4.69) is 9.72 Å². The Morgan fingerprint density at radius 1 is 1.17 bits per heavy atom. The Hall–Kier alpha value is -2.88. The Kier molecular flexibility index (Phi) is 5.27. The average molecular weight is 464 g/mol. The summed E-state index contributed by atoms with van der Waals surface area (Å²) in [6.45, 7) is 1.95. The number of nitrogens with zero attached hydrogens (tertiary/aromatic N) is 1. The molecule has 0 radical (unpaired) electrons. The number of benzene rings is 2. The topological polar surface area (TPSA) is 95.7 Å². The van der Waals surface area contributed by atoms with Crippen molar-refractivity contribution in [2.45, 2.75) is 11.8 Å². The number of aromatic nitrogens is 1. The fraction of sp³-hybridized carbons (Fsp3) is 0.100. The van der Waals surface area contributed by atoms with Crippen LogP contribution in [0.25, 0.3) is 22.6 Å². The molecule has 2 aromatic heterocycles. The summed E-state index contributed by atoms with van der Waals surface area (Å²) in [4.78, 5) is 15.9. The van der Waals surface area contributed by atoms with Gasteiger partial charge in [-0.25, -0.2) is 9.78 Å². The number of ether oxygens (including phenoxy) is 1. The number of hydrogen-bond donors (Lipinski definition) is 0. The molecule has 2 heterocycles. The Bertz CT molecular complexity index is 1370. The highest BCUT2D eigenvalue weighted by Crippen LogP contribution is 2.34. The smallest absolute Gasteiger partial charge is 0.349 e. The van der Waals surface area contributed by atoms with Crippen LogP contribution in [0.2, 0.25) is 5.02 Å². The number of methoxy groups -OCH3 is 1. The van der Waals surface area contributed by atoms with Gasteiger partial charge in [0, 0.05) is 5.56 Å². The fourth-order valence-corrected chi connectivity index (χ4v) is 5.28. The molecule has 4 aromatic rings. The maximum absolute atomic E-state index is 12.6. The van der Waals surface area contributed by atoms with Crippen LogP contribution in [-0.2, 0) is 14.9 Å². The molecule has 30 heavy (non-hydrogen) atoms. The second-order valence-electron chi connectivity index (χ2n) is 6.28. The van der Waals surface area contributed by atoms with E-state index in [1.54, 1.807) is 6.07 Å². The molecule has 0 fully saturated rings. The van der Waals surface area contributed by atoms with E-state index in [1.165, 1.54) is 30.7 Å². The highest BCUT2D eigenvalue weighted by molar-refractivity contribution is 7.87. The lowest BCUT2D eigenvalue weighted by molar-refractivity contribution is 0.0602. The van der Waals surface area contributed by atoms with Crippen molar-refractivity contribution in [3.8, 4) is 17.2 Å². The van der Waals surface area contributed by atoms with Gasteiger partial charge in [-0.3, -0.25) is 0 Å². The Labute approximate surface area is 181 Å². The number of aryl methyl sites for hydroxylation is 1. The van der Waals surface area contributed by atoms with Crippen molar-refractivity contribution in [1.29, 1.82) is 0 Å². The van der Waals surface area contributed by atoms with Crippen molar-refractivity contribution in [3.05, 3.63) is 63.3 Å². The van der Waals surface area contributed by atoms with Gasteiger partial charge in [-0.15, -0.1) is 11.3 Å². The van der Waals surface area contributed by atoms with Crippen LogP contribution in [0, 0.1) is 6.92 Å². The van der Waals surface area contributed by atoms with Crippen LogP contribution in [0.5, 0.6) is 5.75 Å². The molecule has 0 N–H and O–H groups in total. The first-order valence-corrected chi connectivity index (χ1v) is 11.2. The summed E-state index contributed by atoms with van der Waals surface area (Å²) in [5, 5.41) is 1.51. The second kappa shape index (κ2) is 7.75. The van der Waals surface area contributed by atoms with Gasteiger partial charge in [0.05, 0.1) is 12.1 Å². The molecule has 4 rings (SSSR count). The molecule has 10 heteroatoms. The predicted molar refractivity (Wildman–Crippen MR) is 113 cm³/mol. The first kappa shape index (κ1) is 20.4. The lowest BCUT2D eigenvalue weighted by Gasteiger charge is -2.09. The largest absolute Gasteiger partial charge is 0.465 e. The Balaban J connectivity index is 1.65. The van der Waals surface area contributed by atoms with E-state index in [9.17, 15) is 13.2 Å². The van der Waals surface area contributed by atoms with Gasteiger partial charge in [0.1, 0.15) is 15.3 Å². The molecule has 7 nitrogen and oxygen atoms in total. The number of thiophene rings is 1. The average Bonchev–Trinajstić information content (AvgIpc) is 3.36. The molecular formula is C20H14ClNO6S2. The monoisotopic (exact) mass is 463 g/mol. The lowest BCUT2D eigenvalue weighted by atomic mass is 10.2. The molecule has 0 aliphatic heterocycles. The molecule has 154 valence electrons. The van der Waals surface area contributed by atoms with Gasteiger partial charge < -0.3 is 13.3 Å². The van der Waals surface area contributed by atoms with Crippen molar-refractivity contribution >= 4 is 50.1 Å². The van der Waals surface area contributed by atoms with E-state index in [1.807, 2.05) is 25.1 Å². The number of oxazole rings is 1. The zero-order chi connectivity index (χ0) is 21.5.